The molecule has 2 N–H and O–H groups in total. The highest BCUT2D eigenvalue weighted by atomic mass is 19.4. The van der Waals surface area contributed by atoms with E-state index in [1.54, 1.807) is 20.8 Å². The van der Waals surface area contributed by atoms with E-state index < -0.39 is 24.3 Å². The highest BCUT2D eigenvalue weighted by molar-refractivity contribution is 5.89. The first kappa shape index (κ1) is 26.3. The fraction of sp³-hybridized carbons (Fsp3) is 0.565. The molecule has 1 amide bonds. The average molecular weight is 473 g/mol. The van der Waals surface area contributed by atoms with Crippen molar-refractivity contribution in [1.29, 1.82) is 0 Å². The van der Waals surface area contributed by atoms with Crippen molar-refractivity contribution in [2.75, 3.05) is 6.61 Å². The number of nitrogens with zero attached hydrogens (tertiary/aromatic N) is 1. The molecule has 0 saturated heterocycles. The molecule has 1 aromatic carbocycles. The van der Waals surface area contributed by atoms with Crippen LogP contribution in [-0.4, -0.2) is 34.2 Å². The number of aromatic nitrogens is 1. The number of ether oxygens (including phenoxy) is 2. The number of pyridine rings is 1. The van der Waals surface area contributed by atoms with Crippen molar-refractivity contribution < 1.29 is 32.5 Å². The van der Waals surface area contributed by atoms with Gasteiger partial charge in [-0.15, -0.1) is 0 Å². The summed E-state index contributed by atoms with van der Waals surface area (Å²) in [5.41, 5.74) is -0.819. The van der Waals surface area contributed by atoms with E-state index in [4.69, 9.17) is 9.47 Å². The lowest BCUT2D eigenvalue weighted by Gasteiger charge is -2.23. The second-order valence-electron chi connectivity index (χ2n) is 9.24. The van der Waals surface area contributed by atoms with Crippen molar-refractivity contribution in [1.82, 2.24) is 9.88 Å². The average Bonchev–Trinajstić information content (AvgIpc) is 2.64. The van der Waals surface area contributed by atoms with E-state index in [0.717, 1.165) is 0 Å². The number of alkyl halides is 3. The Morgan fingerprint density at radius 1 is 1.18 bits per heavy atom. The first-order valence-electron chi connectivity index (χ1n) is 10.7. The van der Waals surface area contributed by atoms with E-state index in [9.17, 15) is 27.9 Å². The SMILES string of the molecule is CC(C)Cn1c(CNC(=O)OC(C)(C)C)c(OCCCC(F)(F)F)c2cc(O)ccc2c1=O. The molecule has 10 heteroatoms. The summed E-state index contributed by atoms with van der Waals surface area (Å²) in [5, 5.41) is 13.1. The summed E-state index contributed by atoms with van der Waals surface area (Å²) in [6, 6.07) is 4.12. The minimum absolute atomic E-state index is 0.0515. The molecular weight excluding hydrogens is 441 g/mol. The van der Waals surface area contributed by atoms with Crippen molar-refractivity contribution >= 4 is 16.9 Å². The summed E-state index contributed by atoms with van der Waals surface area (Å²) in [5.74, 6) is 0.0599. The number of alkyl carbamates (subject to hydrolysis) is 1. The van der Waals surface area contributed by atoms with Crippen LogP contribution in [0.3, 0.4) is 0 Å². The molecule has 2 aromatic rings. The maximum Gasteiger partial charge on any atom is 0.407 e. The van der Waals surface area contributed by atoms with Gasteiger partial charge in [-0.25, -0.2) is 4.79 Å². The van der Waals surface area contributed by atoms with Crippen LogP contribution in [0.15, 0.2) is 23.0 Å². The molecule has 0 aliphatic heterocycles. The topological polar surface area (TPSA) is 89.8 Å². The first-order chi connectivity index (χ1) is 15.2. The van der Waals surface area contributed by atoms with Gasteiger partial charge in [0.15, 0.2) is 0 Å². The Kier molecular flexibility index (Phi) is 8.26. The summed E-state index contributed by atoms with van der Waals surface area (Å²) >= 11 is 0. The third kappa shape index (κ3) is 7.87. The van der Waals surface area contributed by atoms with Crippen molar-refractivity contribution in [3.63, 3.8) is 0 Å². The van der Waals surface area contributed by atoms with E-state index in [1.807, 2.05) is 13.8 Å². The zero-order valence-electron chi connectivity index (χ0n) is 19.5. The van der Waals surface area contributed by atoms with Gasteiger partial charge in [0, 0.05) is 18.4 Å². The highest BCUT2D eigenvalue weighted by Gasteiger charge is 2.27. The number of amides is 1. The third-order valence-corrected chi connectivity index (χ3v) is 4.51. The first-order valence-corrected chi connectivity index (χ1v) is 10.7. The lowest BCUT2D eigenvalue weighted by atomic mass is 10.1. The standard InChI is InChI=1S/C23H31F3N2O5/c1-14(2)13-28-18(12-27-21(31)33-22(3,4)5)19(32-10-6-9-23(24,25)26)17-11-15(29)7-8-16(17)20(28)30/h7-8,11,14,29H,6,9-10,12-13H2,1-5H3,(H,27,31). The number of nitrogens with one attached hydrogen (secondary N) is 1. The minimum atomic E-state index is -4.32. The second kappa shape index (κ2) is 10.4. The van der Waals surface area contributed by atoms with E-state index in [-0.39, 0.29) is 59.0 Å². The summed E-state index contributed by atoms with van der Waals surface area (Å²) in [4.78, 5) is 25.4. The number of rotatable bonds is 8. The zero-order valence-corrected chi connectivity index (χ0v) is 19.5. The Hall–Kier alpha value is -2.91. The molecule has 1 heterocycles. The number of phenols is 1. The minimum Gasteiger partial charge on any atom is -0.508 e. The van der Waals surface area contributed by atoms with E-state index in [2.05, 4.69) is 5.32 Å². The number of hydrogen-bond donors (Lipinski definition) is 2. The molecule has 0 atom stereocenters. The van der Waals surface area contributed by atoms with Gasteiger partial charge in [-0.3, -0.25) is 4.79 Å². The molecule has 0 fully saturated rings. The molecule has 0 bridgehead atoms. The number of halogens is 3. The Morgan fingerprint density at radius 2 is 1.85 bits per heavy atom. The number of carbonyl (C=O) groups excluding carboxylic acids is 1. The molecule has 0 unspecified atom stereocenters. The summed E-state index contributed by atoms with van der Waals surface area (Å²) in [7, 11) is 0. The molecule has 33 heavy (non-hydrogen) atoms. The molecule has 1 aromatic heterocycles. The van der Waals surface area contributed by atoms with E-state index in [0.29, 0.717) is 6.54 Å². The van der Waals surface area contributed by atoms with Crippen LogP contribution >= 0.6 is 0 Å². The predicted molar refractivity (Wildman–Crippen MR) is 119 cm³/mol. The van der Waals surface area contributed by atoms with Crippen LogP contribution in [0.5, 0.6) is 11.5 Å². The Morgan fingerprint density at radius 3 is 2.42 bits per heavy atom. The molecule has 7 nitrogen and oxygen atoms in total. The molecule has 0 saturated carbocycles. The molecule has 0 aliphatic rings. The number of aromatic hydroxyl groups is 1. The number of phenolic OH excluding ortho intramolecular Hbond substituents is 1. The van der Waals surface area contributed by atoms with E-state index >= 15 is 0 Å². The smallest absolute Gasteiger partial charge is 0.407 e. The Labute approximate surface area is 190 Å². The van der Waals surface area contributed by atoms with Crippen LogP contribution in [0.25, 0.3) is 10.8 Å². The highest BCUT2D eigenvalue weighted by Crippen LogP contribution is 2.32. The molecule has 0 spiro atoms. The van der Waals surface area contributed by atoms with Crippen molar-refractivity contribution in [2.45, 2.75) is 72.3 Å². The Balaban J connectivity index is 2.54. The van der Waals surface area contributed by atoms with Crippen molar-refractivity contribution in [2.24, 2.45) is 5.92 Å². The molecule has 2 rings (SSSR count). The van der Waals surface area contributed by atoms with Crippen LogP contribution in [0.4, 0.5) is 18.0 Å². The summed E-state index contributed by atoms with van der Waals surface area (Å²) in [6.07, 6.45) is -6.34. The molecule has 184 valence electrons. The van der Waals surface area contributed by atoms with Crippen molar-refractivity contribution in [3.8, 4) is 11.5 Å². The Bertz CT molecular complexity index is 1040. The fourth-order valence-corrected chi connectivity index (χ4v) is 3.26. The van der Waals surface area contributed by atoms with Crippen molar-refractivity contribution in [3.05, 3.63) is 34.2 Å². The lowest BCUT2D eigenvalue weighted by Crippen LogP contribution is -2.35. The third-order valence-electron chi connectivity index (χ3n) is 4.51. The second-order valence-corrected chi connectivity index (χ2v) is 9.24. The van der Waals surface area contributed by atoms with Crippen LogP contribution in [-0.2, 0) is 17.8 Å². The number of carbonyl (C=O) groups is 1. The lowest BCUT2D eigenvalue weighted by molar-refractivity contribution is -0.136. The maximum absolute atomic E-state index is 13.2. The van der Waals surface area contributed by atoms with Crippen LogP contribution < -0.4 is 15.6 Å². The normalized spacial score (nSPS) is 12.3. The summed E-state index contributed by atoms with van der Waals surface area (Å²) < 4.78 is 50.2. The van der Waals surface area contributed by atoms with E-state index in [1.165, 1.54) is 22.8 Å². The number of fused-ring (bicyclic) bond motifs is 1. The monoisotopic (exact) mass is 472 g/mol. The zero-order chi connectivity index (χ0) is 25.0. The summed E-state index contributed by atoms with van der Waals surface area (Å²) in [6.45, 7) is 8.80. The maximum atomic E-state index is 13.2. The van der Waals surface area contributed by atoms with Crippen LogP contribution in [0.1, 0.15) is 53.2 Å². The molecule has 0 aliphatic carbocycles. The van der Waals surface area contributed by atoms with Gasteiger partial charge in [0.1, 0.15) is 17.1 Å². The van der Waals surface area contributed by atoms with Crippen LogP contribution in [0, 0.1) is 5.92 Å². The molecule has 0 radical (unpaired) electrons. The largest absolute Gasteiger partial charge is 0.508 e. The van der Waals surface area contributed by atoms with Gasteiger partial charge in [-0.1, -0.05) is 13.8 Å². The van der Waals surface area contributed by atoms with Gasteiger partial charge in [0.05, 0.1) is 24.2 Å². The van der Waals surface area contributed by atoms with Gasteiger partial charge in [0.25, 0.3) is 5.56 Å². The van der Waals surface area contributed by atoms with Gasteiger partial charge in [-0.2, -0.15) is 13.2 Å². The van der Waals surface area contributed by atoms with Crippen LogP contribution in [0.2, 0.25) is 0 Å². The quantitative estimate of drug-likeness (QED) is 0.521. The number of hydrogen-bond acceptors (Lipinski definition) is 5. The van der Waals surface area contributed by atoms with Gasteiger partial charge < -0.3 is 24.5 Å². The fourth-order valence-electron chi connectivity index (χ4n) is 3.26. The van der Waals surface area contributed by atoms with Gasteiger partial charge in [0.2, 0.25) is 0 Å². The molecular formula is C23H31F3N2O5. The van der Waals surface area contributed by atoms with Gasteiger partial charge >= 0.3 is 12.3 Å². The predicted octanol–water partition coefficient (Wildman–Crippen LogP) is 5.11. The van der Waals surface area contributed by atoms with Gasteiger partial charge in [-0.05, 0) is 51.3 Å². The number of benzene rings is 1.